The van der Waals surface area contributed by atoms with Crippen LogP contribution < -0.4 is 5.32 Å². The van der Waals surface area contributed by atoms with Crippen LogP contribution in [0.4, 0.5) is 4.79 Å². The second-order valence-corrected chi connectivity index (χ2v) is 8.02. The van der Waals surface area contributed by atoms with E-state index in [1.54, 1.807) is 0 Å². The van der Waals surface area contributed by atoms with Crippen LogP contribution in [-0.2, 0) is 11.3 Å². The predicted octanol–water partition coefficient (Wildman–Crippen LogP) is 4.30. The van der Waals surface area contributed by atoms with Crippen molar-refractivity contribution in [2.24, 2.45) is 0 Å². The summed E-state index contributed by atoms with van der Waals surface area (Å²) in [6, 6.07) is 12.1. The van der Waals surface area contributed by atoms with Crippen molar-refractivity contribution in [2.45, 2.75) is 51.7 Å². The van der Waals surface area contributed by atoms with Gasteiger partial charge in [0.05, 0.1) is 0 Å². The second kappa shape index (κ2) is 6.68. The molecule has 1 N–H and O–H groups in total. The Morgan fingerprint density at radius 1 is 1.22 bits per heavy atom. The molecule has 0 bridgehead atoms. The van der Waals surface area contributed by atoms with Gasteiger partial charge in [0.2, 0.25) is 0 Å². The van der Waals surface area contributed by atoms with Gasteiger partial charge in [0, 0.05) is 18.3 Å². The summed E-state index contributed by atoms with van der Waals surface area (Å²) in [5.74, 6) is 1.40. The summed E-state index contributed by atoms with van der Waals surface area (Å²) in [5, 5.41) is 7.33. The highest BCUT2D eigenvalue weighted by Gasteiger charge is 2.24. The quantitative estimate of drug-likeness (QED) is 0.749. The number of alkyl carbamates (subject to hydrolysis) is 1. The van der Waals surface area contributed by atoms with Crippen LogP contribution in [0.3, 0.4) is 0 Å². The van der Waals surface area contributed by atoms with Crippen LogP contribution in [0.2, 0.25) is 0 Å². The summed E-state index contributed by atoms with van der Waals surface area (Å²) < 4.78 is 7.06. The molecule has 0 aliphatic heterocycles. The molecule has 27 heavy (non-hydrogen) atoms. The minimum atomic E-state index is -0.498. The lowest BCUT2D eigenvalue weighted by molar-refractivity contribution is 0.0523. The molecule has 1 amide bonds. The van der Waals surface area contributed by atoms with Crippen LogP contribution in [-0.4, -0.2) is 26.3 Å². The summed E-state index contributed by atoms with van der Waals surface area (Å²) in [7, 11) is 0. The molecule has 1 aromatic carbocycles. The second-order valence-electron chi connectivity index (χ2n) is 8.02. The summed E-state index contributed by atoms with van der Waals surface area (Å²) in [6.45, 7) is 5.95. The number of carbonyl (C=O) groups is 1. The van der Waals surface area contributed by atoms with E-state index >= 15 is 0 Å². The highest BCUT2D eigenvalue weighted by Crippen LogP contribution is 2.40. The molecular weight excluding hydrogens is 340 g/mol. The maximum Gasteiger partial charge on any atom is 0.407 e. The molecule has 0 atom stereocenters. The van der Waals surface area contributed by atoms with Gasteiger partial charge in [-0.1, -0.05) is 24.3 Å². The Bertz CT molecular complexity index is 966. The summed E-state index contributed by atoms with van der Waals surface area (Å²) in [4.78, 5) is 16.4. The zero-order valence-electron chi connectivity index (χ0n) is 15.9. The van der Waals surface area contributed by atoms with Gasteiger partial charge in [-0.05, 0) is 62.8 Å². The van der Waals surface area contributed by atoms with Gasteiger partial charge in [0.15, 0.2) is 11.5 Å². The number of hydrogen-bond acceptors (Lipinski definition) is 4. The van der Waals surface area contributed by atoms with Crippen molar-refractivity contribution >= 4 is 11.7 Å². The van der Waals surface area contributed by atoms with Gasteiger partial charge in [-0.3, -0.25) is 0 Å². The molecule has 2 heterocycles. The Kier molecular flexibility index (Phi) is 4.34. The third-order valence-corrected chi connectivity index (χ3v) is 4.46. The maximum atomic E-state index is 11.7. The first kappa shape index (κ1) is 17.5. The van der Waals surface area contributed by atoms with E-state index in [0.29, 0.717) is 18.3 Å². The van der Waals surface area contributed by atoms with Crippen molar-refractivity contribution in [2.75, 3.05) is 0 Å². The number of fused-ring (bicyclic) bond motifs is 1. The molecule has 2 aromatic heterocycles. The lowest BCUT2D eigenvalue weighted by Gasteiger charge is -2.19. The van der Waals surface area contributed by atoms with Gasteiger partial charge in [0.1, 0.15) is 5.60 Å². The van der Waals surface area contributed by atoms with Crippen molar-refractivity contribution in [3.05, 3.63) is 53.7 Å². The van der Waals surface area contributed by atoms with Crippen LogP contribution in [0.15, 0.2) is 42.6 Å². The van der Waals surface area contributed by atoms with Gasteiger partial charge in [-0.25, -0.2) is 14.3 Å². The monoisotopic (exact) mass is 364 g/mol. The molecule has 1 aliphatic carbocycles. The Labute approximate surface area is 158 Å². The summed E-state index contributed by atoms with van der Waals surface area (Å²) in [5.41, 5.74) is 3.68. The van der Waals surface area contributed by atoms with Crippen molar-refractivity contribution in [3.63, 3.8) is 0 Å². The summed E-state index contributed by atoms with van der Waals surface area (Å²) >= 11 is 0. The maximum absolute atomic E-state index is 11.7. The average molecular weight is 364 g/mol. The van der Waals surface area contributed by atoms with Crippen molar-refractivity contribution in [3.8, 4) is 11.4 Å². The zero-order valence-corrected chi connectivity index (χ0v) is 15.9. The van der Waals surface area contributed by atoms with E-state index in [1.165, 1.54) is 18.4 Å². The first-order valence-electron chi connectivity index (χ1n) is 9.30. The molecular formula is C21H24N4O2. The number of aromatic nitrogens is 3. The molecule has 4 rings (SSSR count). The number of benzene rings is 1. The van der Waals surface area contributed by atoms with Gasteiger partial charge in [0.25, 0.3) is 0 Å². The number of ether oxygens (including phenoxy) is 1. The molecule has 140 valence electrons. The van der Waals surface area contributed by atoms with Crippen LogP contribution in [0, 0.1) is 0 Å². The fourth-order valence-electron chi connectivity index (χ4n) is 2.95. The zero-order chi connectivity index (χ0) is 19.0. The first-order chi connectivity index (χ1) is 12.9. The smallest absolute Gasteiger partial charge is 0.407 e. The van der Waals surface area contributed by atoms with Crippen LogP contribution in [0.25, 0.3) is 17.0 Å². The Balaban J connectivity index is 1.44. The van der Waals surface area contributed by atoms with E-state index in [-0.39, 0.29) is 0 Å². The van der Waals surface area contributed by atoms with Gasteiger partial charge in [-0.2, -0.15) is 0 Å². The number of nitrogens with one attached hydrogen (secondary N) is 1. The van der Waals surface area contributed by atoms with Crippen LogP contribution in [0.1, 0.15) is 50.7 Å². The molecule has 1 aliphatic rings. The molecule has 0 unspecified atom stereocenters. The van der Waals surface area contributed by atoms with Crippen molar-refractivity contribution in [1.82, 2.24) is 19.9 Å². The number of carbonyl (C=O) groups excluding carboxylic acids is 1. The van der Waals surface area contributed by atoms with E-state index in [9.17, 15) is 4.79 Å². The SMILES string of the molecule is CC(C)(C)OC(=O)NCc1ccc(-c2nc3cc(C4CC4)ccn3n2)cc1. The molecule has 6 nitrogen and oxygen atoms in total. The Morgan fingerprint density at radius 2 is 1.96 bits per heavy atom. The van der Waals surface area contributed by atoms with E-state index in [0.717, 1.165) is 16.8 Å². The van der Waals surface area contributed by atoms with Crippen molar-refractivity contribution in [1.29, 1.82) is 0 Å². The van der Waals surface area contributed by atoms with Gasteiger partial charge < -0.3 is 10.1 Å². The van der Waals surface area contributed by atoms with Gasteiger partial charge >= 0.3 is 6.09 Å². The number of pyridine rings is 1. The molecule has 0 radical (unpaired) electrons. The van der Waals surface area contributed by atoms with E-state index in [1.807, 2.05) is 55.7 Å². The first-order valence-corrected chi connectivity index (χ1v) is 9.30. The number of hydrogen-bond donors (Lipinski definition) is 1. The third-order valence-electron chi connectivity index (χ3n) is 4.46. The molecule has 1 saturated carbocycles. The fraction of sp³-hybridized carbons (Fsp3) is 0.381. The third kappa shape index (κ3) is 4.27. The Morgan fingerprint density at radius 3 is 2.63 bits per heavy atom. The largest absolute Gasteiger partial charge is 0.444 e. The molecule has 6 heteroatoms. The van der Waals surface area contributed by atoms with Crippen molar-refractivity contribution < 1.29 is 9.53 Å². The molecule has 0 saturated heterocycles. The highest BCUT2D eigenvalue weighted by molar-refractivity contribution is 5.67. The summed E-state index contributed by atoms with van der Waals surface area (Å²) in [6.07, 6.45) is 4.12. The minimum Gasteiger partial charge on any atom is -0.444 e. The highest BCUT2D eigenvalue weighted by atomic mass is 16.6. The lowest BCUT2D eigenvalue weighted by atomic mass is 10.1. The van der Waals surface area contributed by atoms with E-state index < -0.39 is 11.7 Å². The molecule has 3 aromatic rings. The number of nitrogens with zero attached hydrogens (tertiary/aromatic N) is 3. The topological polar surface area (TPSA) is 68.5 Å². The van der Waals surface area contributed by atoms with E-state index in [4.69, 9.17) is 4.74 Å². The number of amides is 1. The number of rotatable bonds is 4. The van der Waals surface area contributed by atoms with E-state index in [2.05, 4.69) is 27.5 Å². The normalized spacial score (nSPS) is 14.3. The lowest BCUT2D eigenvalue weighted by Crippen LogP contribution is -2.32. The minimum absolute atomic E-state index is 0.415. The fourth-order valence-corrected chi connectivity index (χ4v) is 2.95. The van der Waals surface area contributed by atoms with Crippen LogP contribution in [0.5, 0.6) is 0 Å². The average Bonchev–Trinajstić information content (AvgIpc) is 3.37. The molecule has 1 fully saturated rings. The Hall–Kier alpha value is -2.89. The predicted molar refractivity (Wildman–Crippen MR) is 103 cm³/mol. The molecule has 0 spiro atoms. The van der Waals surface area contributed by atoms with Gasteiger partial charge in [-0.15, -0.1) is 5.10 Å². The van der Waals surface area contributed by atoms with Crippen LogP contribution >= 0.6 is 0 Å². The standard InChI is InChI=1S/C21H24N4O2/c1-21(2,3)27-20(26)22-13-14-4-6-16(7-5-14)19-23-18-12-17(15-8-9-15)10-11-25(18)24-19/h4-7,10-12,15H,8-9,13H2,1-3H3,(H,22,26).